The Morgan fingerprint density at radius 1 is 1.36 bits per heavy atom. The summed E-state index contributed by atoms with van der Waals surface area (Å²) in [5.41, 5.74) is 1.98. The summed E-state index contributed by atoms with van der Waals surface area (Å²) in [7, 11) is 0. The van der Waals surface area contributed by atoms with E-state index in [0.29, 0.717) is 17.7 Å². The molecule has 5 heteroatoms. The first kappa shape index (κ1) is 16.0. The molecule has 0 aromatic heterocycles. The lowest BCUT2D eigenvalue weighted by Crippen LogP contribution is -2.40. The second-order valence-electron chi connectivity index (χ2n) is 5.56. The van der Waals surface area contributed by atoms with E-state index >= 15 is 0 Å². The van der Waals surface area contributed by atoms with Crippen LogP contribution in [0.5, 0.6) is 0 Å². The molecule has 2 rings (SSSR count). The van der Waals surface area contributed by atoms with Crippen LogP contribution in [0.1, 0.15) is 42.6 Å². The number of nitriles is 1. The van der Waals surface area contributed by atoms with Crippen LogP contribution in [0.15, 0.2) is 18.2 Å². The molecule has 1 aliphatic heterocycles. The van der Waals surface area contributed by atoms with E-state index in [-0.39, 0.29) is 17.6 Å². The number of carbonyl (C=O) groups excluding carboxylic acids is 2. The number of Topliss-reactive ketones (excluding diaryl/α,β-unsaturated/α-hetero) is 1. The van der Waals surface area contributed by atoms with Gasteiger partial charge < -0.3 is 10.2 Å². The van der Waals surface area contributed by atoms with Crippen LogP contribution in [0.4, 0.5) is 5.69 Å². The van der Waals surface area contributed by atoms with E-state index in [0.717, 1.165) is 31.6 Å². The zero-order valence-electron chi connectivity index (χ0n) is 13.1. The summed E-state index contributed by atoms with van der Waals surface area (Å²) in [5.74, 6) is 0.140. The number of hydrogen-bond acceptors (Lipinski definition) is 4. The summed E-state index contributed by atoms with van der Waals surface area (Å²) < 4.78 is 0. The number of benzene rings is 1. The Morgan fingerprint density at radius 3 is 2.59 bits per heavy atom. The van der Waals surface area contributed by atoms with Crippen molar-refractivity contribution >= 4 is 17.4 Å². The van der Waals surface area contributed by atoms with E-state index in [9.17, 15) is 14.9 Å². The van der Waals surface area contributed by atoms with Crippen molar-refractivity contribution in [3.63, 3.8) is 0 Å². The second-order valence-corrected chi connectivity index (χ2v) is 5.56. The lowest BCUT2D eigenvalue weighted by atomic mass is 9.94. The van der Waals surface area contributed by atoms with Crippen molar-refractivity contribution in [2.24, 2.45) is 5.92 Å². The van der Waals surface area contributed by atoms with Crippen molar-refractivity contribution in [3.05, 3.63) is 29.3 Å². The number of anilines is 1. The molecule has 1 aliphatic rings. The molecule has 1 heterocycles. The van der Waals surface area contributed by atoms with Crippen molar-refractivity contribution in [2.75, 3.05) is 24.5 Å². The molecule has 22 heavy (non-hydrogen) atoms. The van der Waals surface area contributed by atoms with Crippen molar-refractivity contribution in [3.8, 4) is 6.07 Å². The zero-order chi connectivity index (χ0) is 16.1. The van der Waals surface area contributed by atoms with Crippen molar-refractivity contribution in [1.82, 2.24) is 5.32 Å². The number of hydrogen-bond donors (Lipinski definition) is 1. The van der Waals surface area contributed by atoms with Crippen LogP contribution < -0.4 is 10.2 Å². The van der Waals surface area contributed by atoms with Crippen LogP contribution in [0.25, 0.3) is 0 Å². The van der Waals surface area contributed by atoms with Gasteiger partial charge in [0.25, 0.3) is 0 Å². The molecule has 5 nitrogen and oxygen atoms in total. The summed E-state index contributed by atoms with van der Waals surface area (Å²) in [6.07, 6.45) is 1.53. The predicted octanol–water partition coefficient (Wildman–Crippen LogP) is 2.11. The fourth-order valence-corrected chi connectivity index (χ4v) is 2.81. The minimum Gasteiger partial charge on any atom is -0.370 e. The minimum absolute atomic E-state index is 0.0112. The topological polar surface area (TPSA) is 73.2 Å². The lowest BCUT2D eigenvalue weighted by molar-refractivity contribution is -0.125. The van der Waals surface area contributed by atoms with Gasteiger partial charge in [-0.15, -0.1) is 0 Å². The van der Waals surface area contributed by atoms with Crippen LogP contribution in [-0.4, -0.2) is 31.3 Å². The second kappa shape index (κ2) is 7.08. The third-order valence-electron chi connectivity index (χ3n) is 4.08. The first-order valence-electron chi connectivity index (χ1n) is 7.64. The highest BCUT2D eigenvalue weighted by molar-refractivity contribution is 5.95. The molecule has 1 fully saturated rings. The number of carbonyl (C=O) groups is 2. The highest BCUT2D eigenvalue weighted by atomic mass is 16.1. The van der Waals surface area contributed by atoms with Crippen LogP contribution in [-0.2, 0) is 4.79 Å². The Morgan fingerprint density at radius 2 is 2.05 bits per heavy atom. The van der Waals surface area contributed by atoms with Gasteiger partial charge in [-0.05, 0) is 44.9 Å². The molecule has 0 radical (unpaired) electrons. The molecule has 1 amide bonds. The normalized spacial score (nSPS) is 15.2. The largest absolute Gasteiger partial charge is 0.370 e. The van der Waals surface area contributed by atoms with E-state index in [1.807, 2.05) is 6.92 Å². The van der Waals surface area contributed by atoms with Crippen molar-refractivity contribution in [2.45, 2.75) is 26.7 Å². The maximum absolute atomic E-state index is 11.9. The number of nitrogens with zero attached hydrogens (tertiary/aromatic N) is 2. The number of piperidine rings is 1. The number of rotatable bonds is 4. The molecule has 0 atom stereocenters. The van der Waals surface area contributed by atoms with Gasteiger partial charge in [-0.2, -0.15) is 5.26 Å². The van der Waals surface area contributed by atoms with Crippen LogP contribution in [0.2, 0.25) is 0 Å². The molecule has 1 saturated heterocycles. The molecule has 1 aromatic rings. The molecule has 116 valence electrons. The Labute approximate surface area is 130 Å². The Hall–Kier alpha value is -2.35. The Kier molecular flexibility index (Phi) is 5.16. The Balaban J connectivity index is 2.14. The van der Waals surface area contributed by atoms with Crippen LogP contribution >= 0.6 is 0 Å². The quantitative estimate of drug-likeness (QED) is 0.864. The van der Waals surface area contributed by atoms with Gasteiger partial charge in [0.1, 0.15) is 6.07 Å². The van der Waals surface area contributed by atoms with Crippen molar-refractivity contribution < 1.29 is 9.59 Å². The smallest absolute Gasteiger partial charge is 0.223 e. The van der Waals surface area contributed by atoms with E-state index in [4.69, 9.17) is 0 Å². The third kappa shape index (κ3) is 3.45. The van der Waals surface area contributed by atoms with E-state index in [1.165, 1.54) is 6.92 Å². The lowest BCUT2D eigenvalue weighted by Gasteiger charge is -2.33. The van der Waals surface area contributed by atoms with Crippen molar-refractivity contribution in [1.29, 1.82) is 5.26 Å². The third-order valence-corrected chi connectivity index (χ3v) is 4.08. The standard InChI is InChI=1S/C17H21N3O2/c1-3-19-17(22)13-6-8-20(9-7-13)16-10-14(12(2)21)4-5-15(16)11-18/h4-5,10,13H,3,6-9H2,1-2H3,(H,19,22). The molecule has 1 aromatic carbocycles. The molecule has 0 unspecified atom stereocenters. The van der Waals surface area contributed by atoms with Gasteiger partial charge in [-0.3, -0.25) is 9.59 Å². The van der Waals surface area contributed by atoms with Gasteiger partial charge in [0.2, 0.25) is 5.91 Å². The summed E-state index contributed by atoms with van der Waals surface area (Å²) in [5, 5.41) is 12.1. The fraction of sp³-hybridized carbons (Fsp3) is 0.471. The molecule has 0 aliphatic carbocycles. The SMILES string of the molecule is CCNC(=O)C1CCN(c2cc(C(C)=O)ccc2C#N)CC1. The van der Waals surface area contributed by atoms with Gasteiger partial charge >= 0.3 is 0 Å². The number of nitrogens with one attached hydrogen (secondary N) is 1. The predicted molar refractivity (Wildman–Crippen MR) is 84.8 cm³/mol. The maximum Gasteiger partial charge on any atom is 0.223 e. The van der Waals surface area contributed by atoms with Gasteiger partial charge in [-0.25, -0.2) is 0 Å². The van der Waals surface area contributed by atoms with E-state index < -0.39 is 0 Å². The summed E-state index contributed by atoms with van der Waals surface area (Å²) in [6, 6.07) is 7.35. The highest BCUT2D eigenvalue weighted by Crippen LogP contribution is 2.27. The van der Waals surface area contributed by atoms with Gasteiger partial charge in [0.15, 0.2) is 5.78 Å². The first-order chi connectivity index (χ1) is 10.6. The van der Waals surface area contributed by atoms with Gasteiger partial charge in [0.05, 0.1) is 11.3 Å². The molecule has 0 spiro atoms. The Bertz CT molecular complexity index is 611. The van der Waals surface area contributed by atoms with E-state index in [1.54, 1.807) is 18.2 Å². The van der Waals surface area contributed by atoms with E-state index in [2.05, 4.69) is 16.3 Å². The molecule has 1 N–H and O–H groups in total. The average Bonchev–Trinajstić information content (AvgIpc) is 2.54. The maximum atomic E-state index is 11.9. The summed E-state index contributed by atoms with van der Waals surface area (Å²) in [4.78, 5) is 25.5. The molecular weight excluding hydrogens is 278 g/mol. The monoisotopic (exact) mass is 299 g/mol. The summed E-state index contributed by atoms with van der Waals surface area (Å²) >= 11 is 0. The molecule has 0 saturated carbocycles. The van der Waals surface area contributed by atoms with Gasteiger partial charge in [-0.1, -0.05) is 0 Å². The first-order valence-corrected chi connectivity index (χ1v) is 7.64. The average molecular weight is 299 g/mol. The fourth-order valence-electron chi connectivity index (χ4n) is 2.81. The van der Waals surface area contributed by atoms with Crippen LogP contribution in [0, 0.1) is 17.2 Å². The number of amides is 1. The minimum atomic E-state index is -0.0112. The molecule has 0 bridgehead atoms. The number of ketones is 1. The zero-order valence-corrected chi connectivity index (χ0v) is 13.1. The molecular formula is C17H21N3O2. The van der Waals surface area contributed by atoms with Crippen LogP contribution in [0.3, 0.4) is 0 Å². The highest BCUT2D eigenvalue weighted by Gasteiger charge is 2.26. The van der Waals surface area contributed by atoms with Gasteiger partial charge in [0, 0.05) is 31.1 Å². The summed E-state index contributed by atoms with van der Waals surface area (Å²) in [6.45, 7) is 5.53.